The number of aliphatic hydroxyl groups is 1. The third-order valence-corrected chi connectivity index (χ3v) is 2.43. The van der Waals surface area contributed by atoms with Crippen molar-refractivity contribution in [2.75, 3.05) is 13.7 Å². The Morgan fingerprint density at radius 3 is 2.44 bits per heavy atom. The highest BCUT2D eigenvalue weighted by Gasteiger charge is 2.22. The van der Waals surface area contributed by atoms with Gasteiger partial charge in [0.1, 0.15) is 0 Å². The molecule has 0 radical (unpaired) electrons. The van der Waals surface area contributed by atoms with Crippen LogP contribution in [0.15, 0.2) is 12.1 Å². The molecule has 0 aliphatic carbocycles. The second-order valence-electron chi connectivity index (χ2n) is 4.55. The molecule has 0 spiro atoms. The maximum Gasteiger partial charge on any atom is 0.200 e. The van der Waals surface area contributed by atoms with E-state index >= 15 is 0 Å². The number of methoxy groups -OCH3 is 1. The molecule has 0 atom stereocenters. The Kier molecular flexibility index (Phi) is 3.86. The highest BCUT2D eigenvalue weighted by Crippen LogP contribution is 2.30. The second kappa shape index (κ2) is 4.78. The van der Waals surface area contributed by atoms with Crippen molar-refractivity contribution in [1.82, 2.24) is 0 Å². The van der Waals surface area contributed by atoms with Crippen molar-refractivity contribution in [2.24, 2.45) is 5.41 Å². The number of aliphatic hydroxyl groups excluding tert-OH is 1. The van der Waals surface area contributed by atoms with Crippen molar-refractivity contribution in [3.05, 3.63) is 29.3 Å². The molecular formula is C12H16F2O2. The van der Waals surface area contributed by atoms with Gasteiger partial charge in [0.25, 0.3) is 0 Å². The van der Waals surface area contributed by atoms with Crippen LogP contribution >= 0.6 is 0 Å². The molecule has 0 saturated heterocycles. The lowest BCUT2D eigenvalue weighted by Gasteiger charge is -2.22. The Bertz CT molecular complexity index is 376. The van der Waals surface area contributed by atoms with Gasteiger partial charge in [-0.1, -0.05) is 19.9 Å². The van der Waals surface area contributed by atoms with E-state index in [2.05, 4.69) is 0 Å². The van der Waals surface area contributed by atoms with E-state index in [1.165, 1.54) is 13.2 Å². The average molecular weight is 230 g/mol. The summed E-state index contributed by atoms with van der Waals surface area (Å²) in [5.41, 5.74) is 0.165. The van der Waals surface area contributed by atoms with Crippen molar-refractivity contribution >= 4 is 0 Å². The number of hydrogen-bond donors (Lipinski definition) is 1. The molecule has 0 aliphatic rings. The van der Waals surface area contributed by atoms with Crippen LogP contribution in [0.3, 0.4) is 0 Å². The quantitative estimate of drug-likeness (QED) is 0.861. The summed E-state index contributed by atoms with van der Waals surface area (Å²) in [6.07, 6.45) is 0.421. The Morgan fingerprint density at radius 1 is 1.31 bits per heavy atom. The molecular weight excluding hydrogens is 214 g/mol. The lowest BCUT2D eigenvalue weighted by molar-refractivity contribution is 0.158. The van der Waals surface area contributed by atoms with Gasteiger partial charge in [0, 0.05) is 6.61 Å². The summed E-state index contributed by atoms with van der Waals surface area (Å²) < 4.78 is 31.2. The van der Waals surface area contributed by atoms with Gasteiger partial charge in [-0.15, -0.1) is 0 Å². The second-order valence-corrected chi connectivity index (χ2v) is 4.55. The predicted octanol–water partition coefficient (Wildman–Crippen LogP) is 2.53. The van der Waals surface area contributed by atoms with E-state index in [-0.39, 0.29) is 12.4 Å². The van der Waals surface area contributed by atoms with E-state index in [9.17, 15) is 8.78 Å². The molecule has 2 nitrogen and oxygen atoms in total. The first-order chi connectivity index (χ1) is 7.41. The summed E-state index contributed by atoms with van der Waals surface area (Å²) in [5, 5.41) is 9.13. The van der Waals surface area contributed by atoms with Crippen LogP contribution < -0.4 is 4.74 Å². The first-order valence-electron chi connectivity index (χ1n) is 5.03. The van der Waals surface area contributed by atoms with Gasteiger partial charge in [0.05, 0.1) is 7.11 Å². The molecule has 1 N–H and O–H groups in total. The fraction of sp³-hybridized carbons (Fsp3) is 0.500. The molecule has 1 aromatic rings. The molecule has 0 heterocycles. The van der Waals surface area contributed by atoms with E-state index in [0.717, 1.165) is 6.07 Å². The van der Waals surface area contributed by atoms with Crippen molar-refractivity contribution in [3.8, 4) is 5.75 Å². The predicted molar refractivity (Wildman–Crippen MR) is 57.5 cm³/mol. The Hall–Kier alpha value is -1.16. The first kappa shape index (κ1) is 12.9. The zero-order chi connectivity index (χ0) is 12.3. The third-order valence-electron chi connectivity index (χ3n) is 2.43. The smallest absolute Gasteiger partial charge is 0.200 e. The van der Waals surface area contributed by atoms with Gasteiger partial charge in [-0.05, 0) is 23.5 Å². The van der Waals surface area contributed by atoms with Gasteiger partial charge in [0.2, 0.25) is 5.82 Å². The highest BCUT2D eigenvalue weighted by atomic mass is 19.2. The van der Waals surface area contributed by atoms with Crippen molar-refractivity contribution in [3.63, 3.8) is 0 Å². The molecule has 1 rings (SSSR count). The summed E-state index contributed by atoms with van der Waals surface area (Å²) in [7, 11) is 1.30. The van der Waals surface area contributed by atoms with Crippen LogP contribution in [0.5, 0.6) is 5.75 Å². The summed E-state index contributed by atoms with van der Waals surface area (Å²) in [5.74, 6) is -1.99. The van der Waals surface area contributed by atoms with Crippen molar-refractivity contribution < 1.29 is 18.6 Å². The number of ether oxygens (including phenoxy) is 1. The minimum atomic E-state index is -0.978. The normalized spacial score (nSPS) is 11.6. The molecule has 0 fully saturated rings. The van der Waals surface area contributed by atoms with Gasteiger partial charge in [-0.3, -0.25) is 0 Å². The van der Waals surface area contributed by atoms with E-state index in [4.69, 9.17) is 9.84 Å². The number of halogens is 2. The summed E-state index contributed by atoms with van der Waals surface area (Å²) in [6, 6.07) is 2.55. The molecule has 90 valence electrons. The van der Waals surface area contributed by atoms with Crippen LogP contribution in [0.4, 0.5) is 8.78 Å². The number of rotatable bonds is 4. The fourth-order valence-corrected chi connectivity index (χ4v) is 1.50. The maximum absolute atomic E-state index is 13.4. The Balaban J connectivity index is 3.10. The number of hydrogen-bond acceptors (Lipinski definition) is 2. The standard InChI is InChI=1S/C12H16F2O2/c1-12(2,7-15)6-8-4-5-9(13)10(14)11(8)16-3/h4-5,15H,6-7H2,1-3H3. The fourth-order valence-electron chi connectivity index (χ4n) is 1.50. The Labute approximate surface area is 93.9 Å². The van der Waals surface area contributed by atoms with Gasteiger partial charge < -0.3 is 9.84 Å². The zero-order valence-electron chi connectivity index (χ0n) is 9.68. The SMILES string of the molecule is COc1c(CC(C)(C)CO)ccc(F)c1F. The molecule has 0 aliphatic heterocycles. The van der Waals surface area contributed by atoms with Crippen LogP contribution in [-0.4, -0.2) is 18.8 Å². The lowest BCUT2D eigenvalue weighted by atomic mass is 9.86. The molecule has 4 heteroatoms. The molecule has 0 saturated carbocycles. The lowest BCUT2D eigenvalue weighted by Crippen LogP contribution is -2.20. The summed E-state index contributed by atoms with van der Waals surface area (Å²) in [6.45, 7) is 3.65. The van der Waals surface area contributed by atoms with Gasteiger partial charge in [-0.25, -0.2) is 4.39 Å². The highest BCUT2D eigenvalue weighted by molar-refractivity contribution is 5.36. The van der Waals surface area contributed by atoms with Crippen molar-refractivity contribution in [1.29, 1.82) is 0 Å². The molecule has 0 unspecified atom stereocenters. The zero-order valence-corrected chi connectivity index (χ0v) is 9.68. The van der Waals surface area contributed by atoms with Crippen molar-refractivity contribution in [2.45, 2.75) is 20.3 Å². The summed E-state index contributed by atoms with van der Waals surface area (Å²) in [4.78, 5) is 0. The van der Waals surface area contributed by atoms with Gasteiger partial charge >= 0.3 is 0 Å². The summed E-state index contributed by atoms with van der Waals surface area (Å²) >= 11 is 0. The van der Waals surface area contributed by atoms with Crippen LogP contribution in [0.25, 0.3) is 0 Å². The monoisotopic (exact) mass is 230 g/mol. The van der Waals surface area contributed by atoms with Crippen LogP contribution in [0.1, 0.15) is 19.4 Å². The van der Waals surface area contributed by atoms with E-state index in [1.807, 2.05) is 13.8 Å². The first-order valence-corrected chi connectivity index (χ1v) is 5.03. The average Bonchev–Trinajstić information content (AvgIpc) is 2.24. The molecule has 0 amide bonds. The largest absolute Gasteiger partial charge is 0.493 e. The number of benzene rings is 1. The van der Waals surface area contributed by atoms with Crippen LogP contribution in [0, 0.1) is 17.0 Å². The van der Waals surface area contributed by atoms with E-state index < -0.39 is 17.0 Å². The molecule has 0 aromatic heterocycles. The van der Waals surface area contributed by atoms with Gasteiger partial charge in [0.15, 0.2) is 11.6 Å². The maximum atomic E-state index is 13.4. The van der Waals surface area contributed by atoms with Crippen LogP contribution in [-0.2, 0) is 6.42 Å². The van der Waals surface area contributed by atoms with E-state index in [1.54, 1.807) is 0 Å². The minimum Gasteiger partial charge on any atom is -0.493 e. The molecule has 1 aromatic carbocycles. The van der Waals surface area contributed by atoms with E-state index in [0.29, 0.717) is 12.0 Å². The Morgan fingerprint density at radius 2 is 1.94 bits per heavy atom. The molecule has 16 heavy (non-hydrogen) atoms. The minimum absolute atomic E-state index is 0.0326. The molecule has 0 bridgehead atoms. The van der Waals surface area contributed by atoms with Gasteiger partial charge in [-0.2, -0.15) is 4.39 Å². The third kappa shape index (κ3) is 2.70. The van der Waals surface area contributed by atoms with Crippen LogP contribution in [0.2, 0.25) is 0 Å². The topological polar surface area (TPSA) is 29.5 Å².